The fraction of sp³-hybridized carbons (Fsp3) is 0.100. The van der Waals surface area contributed by atoms with E-state index in [-0.39, 0.29) is 22.0 Å². The van der Waals surface area contributed by atoms with Gasteiger partial charge < -0.3 is 10.8 Å². The molecule has 0 fully saturated rings. The standard InChI is InChI=1S/C10H9ClFN3O/c1-15-8(13)4-7(14-15)9-6(12)3-2-5(11)10(9)16/h2-4,16H,13H2,1H3. The summed E-state index contributed by atoms with van der Waals surface area (Å²) < 4.78 is 14.9. The topological polar surface area (TPSA) is 64.1 Å². The molecule has 2 aromatic rings. The number of aromatic nitrogens is 2. The van der Waals surface area contributed by atoms with Gasteiger partial charge in [0.05, 0.1) is 10.6 Å². The second-order valence-corrected chi connectivity index (χ2v) is 3.74. The van der Waals surface area contributed by atoms with Gasteiger partial charge >= 0.3 is 0 Å². The molecule has 1 heterocycles. The first-order valence-corrected chi connectivity index (χ1v) is 4.85. The Morgan fingerprint density at radius 3 is 2.75 bits per heavy atom. The fourth-order valence-corrected chi connectivity index (χ4v) is 1.55. The Morgan fingerprint density at radius 1 is 1.50 bits per heavy atom. The van der Waals surface area contributed by atoms with Gasteiger partial charge in [0.15, 0.2) is 0 Å². The summed E-state index contributed by atoms with van der Waals surface area (Å²) >= 11 is 5.70. The summed E-state index contributed by atoms with van der Waals surface area (Å²) in [5.41, 5.74) is 5.79. The van der Waals surface area contributed by atoms with E-state index in [1.165, 1.54) is 22.9 Å². The number of hydrogen-bond donors (Lipinski definition) is 2. The third-order valence-electron chi connectivity index (χ3n) is 2.25. The van der Waals surface area contributed by atoms with Gasteiger partial charge in [-0.3, -0.25) is 4.68 Å². The lowest BCUT2D eigenvalue weighted by Crippen LogP contribution is -1.96. The molecule has 6 heteroatoms. The van der Waals surface area contributed by atoms with E-state index in [2.05, 4.69) is 5.10 Å². The summed E-state index contributed by atoms with van der Waals surface area (Å²) in [5.74, 6) is -0.562. The SMILES string of the molecule is Cn1nc(-c2c(F)ccc(Cl)c2O)cc1N. The average Bonchev–Trinajstić information content (AvgIpc) is 2.54. The lowest BCUT2D eigenvalue weighted by molar-refractivity contribution is 0.472. The highest BCUT2D eigenvalue weighted by Gasteiger charge is 2.17. The summed E-state index contributed by atoms with van der Waals surface area (Å²) in [5, 5.41) is 13.7. The van der Waals surface area contributed by atoms with E-state index in [1.54, 1.807) is 7.05 Å². The van der Waals surface area contributed by atoms with Crippen LogP contribution in [0.2, 0.25) is 5.02 Å². The van der Waals surface area contributed by atoms with Crippen molar-refractivity contribution in [3.63, 3.8) is 0 Å². The quantitative estimate of drug-likeness (QED) is 0.804. The van der Waals surface area contributed by atoms with Crippen molar-refractivity contribution in [2.24, 2.45) is 7.05 Å². The molecular formula is C10H9ClFN3O. The zero-order valence-corrected chi connectivity index (χ0v) is 9.16. The molecule has 1 aromatic carbocycles. The Balaban J connectivity index is 2.68. The maximum Gasteiger partial charge on any atom is 0.146 e. The molecule has 0 aliphatic rings. The first kappa shape index (κ1) is 10.8. The van der Waals surface area contributed by atoms with Gasteiger partial charge in [0.2, 0.25) is 0 Å². The van der Waals surface area contributed by atoms with Crippen LogP contribution in [0.4, 0.5) is 10.2 Å². The van der Waals surface area contributed by atoms with Gasteiger partial charge in [-0.2, -0.15) is 5.10 Å². The van der Waals surface area contributed by atoms with Gasteiger partial charge in [0.25, 0.3) is 0 Å². The van der Waals surface area contributed by atoms with Crippen molar-refractivity contribution in [2.75, 3.05) is 5.73 Å². The van der Waals surface area contributed by atoms with Crippen molar-refractivity contribution in [2.45, 2.75) is 0 Å². The largest absolute Gasteiger partial charge is 0.506 e. The van der Waals surface area contributed by atoms with Gasteiger partial charge in [-0.25, -0.2) is 4.39 Å². The van der Waals surface area contributed by atoms with Gasteiger partial charge in [0.1, 0.15) is 23.1 Å². The van der Waals surface area contributed by atoms with E-state index < -0.39 is 5.82 Å². The molecule has 3 N–H and O–H groups in total. The van der Waals surface area contributed by atoms with Crippen molar-refractivity contribution >= 4 is 17.4 Å². The summed E-state index contributed by atoms with van der Waals surface area (Å²) in [6.07, 6.45) is 0. The predicted octanol–water partition coefficient (Wildman–Crippen LogP) is 2.17. The lowest BCUT2D eigenvalue weighted by Gasteiger charge is -2.04. The molecule has 0 saturated heterocycles. The van der Waals surface area contributed by atoms with Crippen molar-refractivity contribution in [3.8, 4) is 17.0 Å². The predicted molar refractivity (Wildman–Crippen MR) is 59.7 cm³/mol. The zero-order chi connectivity index (χ0) is 11.9. The molecular weight excluding hydrogens is 233 g/mol. The number of nitrogens with zero attached hydrogens (tertiary/aromatic N) is 2. The van der Waals surface area contributed by atoms with Crippen LogP contribution in [-0.2, 0) is 7.05 Å². The van der Waals surface area contributed by atoms with Crippen LogP contribution in [0.1, 0.15) is 0 Å². The Bertz CT molecular complexity index is 534. The minimum absolute atomic E-state index is 0.0419. The van der Waals surface area contributed by atoms with Gasteiger partial charge in [-0.15, -0.1) is 0 Å². The van der Waals surface area contributed by atoms with E-state index in [0.717, 1.165) is 0 Å². The highest BCUT2D eigenvalue weighted by atomic mass is 35.5. The third-order valence-corrected chi connectivity index (χ3v) is 2.55. The Hall–Kier alpha value is -1.75. The molecule has 0 radical (unpaired) electrons. The highest BCUT2D eigenvalue weighted by Crippen LogP contribution is 2.36. The monoisotopic (exact) mass is 241 g/mol. The molecule has 0 amide bonds. The Labute approximate surface area is 96.1 Å². The van der Waals surface area contributed by atoms with E-state index in [0.29, 0.717) is 5.82 Å². The molecule has 0 saturated carbocycles. The zero-order valence-electron chi connectivity index (χ0n) is 8.41. The fourth-order valence-electron chi connectivity index (χ4n) is 1.39. The van der Waals surface area contributed by atoms with Crippen LogP contribution in [0.5, 0.6) is 5.75 Å². The molecule has 0 unspecified atom stereocenters. The first-order valence-electron chi connectivity index (χ1n) is 4.47. The smallest absolute Gasteiger partial charge is 0.146 e. The number of aromatic hydroxyl groups is 1. The van der Waals surface area contributed by atoms with E-state index in [4.69, 9.17) is 17.3 Å². The third kappa shape index (κ3) is 1.59. The molecule has 0 aliphatic heterocycles. The molecule has 1 aromatic heterocycles. The summed E-state index contributed by atoms with van der Waals surface area (Å²) in [6, 6.07) is 3.92. The number of anilines is 1. The maximum absolute atomic E-state index is 13.5. The molecule has 0 aliphatic carbocycles. The summed E-state index contributed by atoms with van der Waals surface area (Å²) in [6.45, 7) is 0. The van der Waals surface area contributed by atoms with Gasteiger partial charge in [-0.05, 0) is 12.1 Å². The second-order valence-electron chi connectivity index (χ2n) is 3.33. The van der Waals surface area contributed by atoms with Gasteiger partial charge in [-0.1, -0.05) is 11.6 Å². The second kappa shape index (κ2) is 3.68. The van der Waals surface area contributed by atoms with Crippen LogP contribution in [0.15, 0.2) is 18.2 Å². The number of rotatable bonds is 1. The van der Waals surface area contributed by atoms with Crippen molar-refractivity contribution in [1.82, 2.24) is 9.78 Å². The van der Waals surface area contributed by atoms with E-state index in [9.17, 15) is 9.50 Å². The Kier molecular flexibility index (Phi) is 2.47. The van der Waals surface area contributed by atoms with Crippen LogP contribution in [-0.4, -0.2) is 14.9 Å². The molecule has 4 nitrogen and oxygen atoms in total. The molecule has 0 bridgehead atoms. The van der Waals surface area contributed by atoms with Crippen molar-refractivity contribution in [1.29, 1.82) is 0 Å². The van der Waals surface area contributed by atoms with Crippen LogP contribution in [0, 0.1) is 5.82 Å². The molecule has 0 spiro atoms. The number of hydrogen-bond acceptors (Lipinski definition) is 3. The molecule has 0 atom stereocenters. The number of halogens is 2. The van der Waals surface area contributed by atoms with Crippen molar-refractivity contribution in [3.05, 3.63) is 29.0 Å². The number of aryl methyl sites for hydroxylation is 1. The summed E-state index contributed by atoms with van der Waals surface area (Å²) in [4.78, 5) is 0. The number of nitrogen functional groups attached to an aromatic ring is 1. The van der Waals surface area contributed by atoms with Crippen LogP contribution < -0.4 is 5.73 Å². The normalized spacial score (nSPS) is 10.7. The van der Waals surface area contributed by atoms with Crippen molar-refractivity contribution < 1.29 is 9.50 Å². The first-order chi connectivity index (χ1) is 7.50. The Morgan fingerprint density at radius 2 is 2.19 bits per heavy atom. The number of nitrogens with two attached hydrogens (primary N) is 1. The van der Waals surface area contributed by atoms with Gasteiger partial charge in [0, 0.05) is 13.1 Å². The van der Waals surface area contributed by atoms with Crippen LogP contribution in [0.3, 0.4) is 0 Å². The average molecular weight is 242 g/mol. The summed E-state index contributed by atoms with van der Waals surface area (Å²) in [7, 11) is 1.62. The number of phenols is 1. The van der Waals surface area contributed by atoms with Crippen LogP contribution in [0.25, 0.3) is 11.3 Å². The molecule has 16 heavy (non-hydrogen) atoms. The van der Waals surface area contributed by atoms with E-state index >= 15 is 0 Å². The molecule has 2 rings (SSSR count). The molecule has 84 valence electrons. The number of benzene rings is 1. The minimum atomic E-state index is -0.597. The lowest BCUT2D eigenvalue weighted by atomic mass is 10.1. The maximum atomic E-state index is 13.5. The highest BCUT2D eigenvalue weighted by molar-refractivity contribution is 6.32. The van der Waals surface area contributed by atoms with Crippen LogP contribution >= 0.6 is 11.6 Å². The van der Waals surface area contributed by atoms with E-state index in [1.807, 2.05) is 0 Å². The number of phenolic OH excluding ortho intramolecular Hbond substituents is 1. The minimum Gasteiger partial charge on any atom is -0.506 e.